The molecule has 122 valence electrons. The van der Waals surface area contributed by atoms with E-state index in [1.807, 2.05) is 37.7 Å². The molecule has 0 aliphatic carbocycles. The fourth-order valence-corrected chi connectivity index (χ4v) is 2.30. The molecule has 3 nitrogen and oxygen atoms in total. The van der Waals surface area contributed by atoms with Gasteiger partial charge in [-0.25, -0.2) is 4.99 Å². The van der Waals surface area contributed by atoms with Gasteiger partial charge in [0.1, 0.15) is 0 Å². The van der Waals surface area contributed by atoms with Crippen LogP contribution in [0.2, 0.25) is 5.02 Å². The van der Waals surface area contributed by atoms with E-state index in [0.717, 1.165) is 35.1 Å². The molecule has 1 N–H and O–H groups in total. The van der Waals surface area contributed by atoms with Crippen LogP contribution >= 0.6 is 11.6 Å². The van der Waals surface area contributed by atoms with E-state index in [-0.39, 0.29) is 0 Å². The Morgan fingerprint density at radius 1 is 1.13 bits per heavy atom. The van der Waals surface area contributed by atoms with E-state index < -0.39 is 0 Å². The van der Waals surface area contributed by atoms with Crippen molar-refractivity contribution in [2.75, 3.05) is 18.9 Å². The Kier molecular flexibility index (Phi) is 6.05. The topological polar surface area (TPSA) is 27.6 Å². The summed E-state index contributed by atoms with van der Waals surface area (Å²) in [5, 5.41) is 4.25. The van der Waals surface area contributed by atoms with Crippen molar-refractivity contribution in [3.63, 3.8) is 0 Å². The van der Waals surface area contributed by atoms with Gasteiger partial charge in [-0.3, -0.25) is 0 Å². The van der Waals surface area contributed by atoms with Crippen molar-refractivity contribution < 1.29 is 0 Å². The van der Waals surface area contributed by atoms with Gasteiger partial charge in [-0.2, -0.15) is 0 Å². The fourth-order valence-electron chi connectivity index (χ4n) is 2.17. The molecule has 4 heteroatoms. The molecule has 0 bridgehead atoms. The van der Waals surface area contributed by atoms with Crippen LogP contribution in [0.1, 0.15) is 23.6 Å². The summed E-state index contributed by atoms with van der Waals surface area (Å²) in [6, 6.07) is 12.2. The number of nitrogens with one attached hydrogen (secondary N) is 1. The predicted octanol–water partition coefficient (Wildman–Crippen LogP) is 5.18. The van der Waals surface area contributed by atoms with Crippen molar-refractivity contribution in [1.29, 1.82) is 0 Å². The van der Waals surface area contributed by atoms with Gasteiger partial charge in [0.2, 0.25) is 0 Å². The third-order valence-electron chi connectivity index (χ3n) is 3.83. The van der Waals surface area contributed by atoms with Crippen molar-refractivity contribution in [2.24, 2.45) is 4.99 Å². The van der Waals surface area contributed by atoms with Crippen LogP contribution in [0.4, 0.5) is 11.4 Å². The van der Waals surface area contributed by atoms with Crippen LogP contribution < -0.4 is 5.32 Å². The largest absolute Gasteiger partial charge is 0.381 e. The van der Waals surface area contributed by atoms with Gasteiger partial charge in [-0.05, 0) is 61.7 Å². The molecular formula is C19H24ClN3. The van der Waals surface area contributed by atoms with E-state index in [4.69, 9.17) is 11.6 Å². The smallest absolute Gasteiger partial charge is 0.0909 e. The molecule has 0 aromatic heterocycles. The molecule has 0 saturated carbocycles. The molecule has 0 unspecified atom stereocenters. The molecule has 2 aromatic carbocycles. The van der Waals surface area contributed by atoms with Crippen LogP contribution in [0.5, 0.6) is 0 Å². The SMILES string of the molecule is CCN(C)C=Nc1cc(C)c(NCc2ccc(Cl)cc2)cc1C. The number of aryl methyl sites for hydroxylation is 2. The zero-order valence-corrected chi connectivity index (χ0v) is 15.0. The van der Waals surface area contributed by atoms with Crippen LogP contribution in [0.25, 0.3) is 0 Å². The minimum Gasteiger partial charge on any atom is -0.381 e. The molecule has 0 aliphatic heterocycles. The first-order chi connectivity index (χ1) is 11.0. The van der Waals surface area contributed by atoms with E-state index in [2.05, 4.69) is 48.1 Å². The van der Waals surface area contributed by atoms with Gasteiger partial charge in [0.05, 0.1) is 12.0 Å². The van der Waals surface area contributed by atoms with Crippen molar-refractivity contribution in [3.05, 3.63) is 58.1 Å². The summed E-state index contributed by atoms with van der Waals surface area (Å²) < 4.78 is 0. The minimum atomic E-state index is 0.764. The molecule has 0 saturated heterocycles. The van der Waals surface area contributed by atoms with E-state index in [9.17, 15) is 0 Å². The Morgan fingerprint density at radius 2 is 1.83 bits per heavy atom. The highest BCUT2D eigenvalue weighted by atomic mass is 35.5. The third kappa shape index (κ3) is 5.00. The Labute approximate surface area is 144 Å². The molecule has 0 spiro atoms. The van der Waals surface area contributed by atoms with Gasteiger partial charge in [0.15, 0.2) is 0 Å². The van der Waals surface area contributed by atoms with Crippen LogP contribution in [0, 0.1) is 13.8 Å². The summed E-state index contributed by atoms with van der Waals surface area (Å²) in [7, 11) is 2.02. The lowest BCUT2D eigenvalue weighted by molar-refractivity contribution is 0.552. The summed E-state index contributed by atoms with van der Waals surface area (Å²) in [6.07, 6.45) is 1.88. The summed E-state index contributed by atoms with van der Waals surface area (Å²) in [4.78, 5) is 6.62. The van der Waals surface area contributed by atoms with E-state index in [1.54, 1.807) is 0 Å². The maximum Gasteiger partial charge on any atom is 0.0909 e. The molecule has 0 amide bonds. The van der Waals surface area contributed by atoms with Crippen LogP contribution in [-0.2, 0) is 6.54 Å². The minimum absolute atomic E-state index is 0.764. The molecule has 2 aromatic rings. The highest BCUT2D eigenvalue weighted by Crippen LogP contribution is 2.27. The number of hydrogen-bond donors (Lipinski definition) is 1. The second-order valence-electron chi connectivity index (χ2n) is 5.75. The van der Waals surface area contributed by atoms with Gasteiger partial charge in [-0.15, -0.1) is 0 Å². The number of hydrogen-bond acceptors (Lipinski definition) is 2. The molecule has 0 atom stereocenters. The molecule has 0 fully saturated rings. The van der Waals surface area contributed by atoms with E-state index in [0.29, 0.717) is 0 Å². The molecular weight excluding hydrogens is 306 g/mol. The van der Waals surface area contributed by atoms with Crippen molar-refractivity contribution in [1.82, 2.24) is 4.90 Å². The van der Waals surface area contributed by atoms with Gasteiger partial charge in [-0.1, -0.05) is 23.7 Å². The van der Waals surface area contributed by atoms with Crippen molar-refractivity contribution >= 4 is 29.3 Å². The van der Waals surface area contributed by atoms with Gasteiger partial charge in [0.25, 0.3) is 0 Å². The Balaban J connectivity index is 2.10. The quantitative estimate of drug-likeness (QED) is 0.584. The predicted molar refractivity (Wildman–Crippen MR) is 101 cm³/mol. The number of aliphatic imine (C=N–C) groups is 1. The lowest BCUT2D eigenvalue weighted by Crippen LogP contribution is -2.14. The van der Waals surface area contributed by atoms with Gasteiger partial charge in [0, 0.05) is 30.8 Å². The molecule has 23 heavy (non-hydrogen) atoms. The Morgan fingerprint density at radius 3 is 2.48 bits per heavy atom. The Bertz CT molecular complexity index is 678. The molecule has 0 aliphatic rings. The standard InChI is InChI=1S/C19H24ClN3/c1-5-23(4)13-22-19-11-14(2)18(10-15(19)3)21-12-16-6-8-17(20)9-7-16/h6-11,13,21H,5,12H2,1-4H3. The van der Waals surface area contributed by atoms with Gasteiger partial charge >= 0.3 is 0 Å². The van der Waals surface area contributed by atoms with Crippen LogP contribution in [0.15, 0.2) is 41.4 Å². The summed E-state index contributed by atoms with van der Waals surface area (Å²) in [5.74, 6) is 0. The van der Waals surface area contributed by atoms with Crippen molar-refractivity contribution in [2.45, 2.75) is 27.3 Å². The number of benzene rings is 2. The first kappa shape index (κ1) is 17.4. The number of rotatable bonds is 6. The average Bonchev–Trinajstić information content (AvgIpc) is 2.55. The van der Waals surface area contributed by atoms with E-state index in [1.165, 1.54) is 11.1 Å². The first-order valence-corrected chi connectivity index (χ1v) is 8.21. The molecule has 2 rings (SSSR count). The summed E-state index contributed by atoms with van der Waals surface area (Å²) in [6.45, 7) is 8.02. The lowest BCUT2D eigenvalue weighted by Gasteiger charge is -2.13. The highest BCUT2D eigenvalue weighted by Gasteiger charge is 2.04. The second-order valence-corrected chi connectivity index (χ2v) is 6.19. The normalized spacial score (nSPS) is 11.0. The van der Waals surface area contributed by atoms with Gasteiger partial charge < -0.3 is 10.2 Å². The average molecular weight is 330 g/mol. The molecule has 0 radical (unpaired) electrons. The molecule has 0 heterocycles. The second kappa shape index (κ2) is 8.02. The maximum absolute atomic E-state index is 5.92. The zero-order valence-electron chi connectivity index (χ0n) is 14.2. The van der Waals surface area contributed by atoms with E-state index >= 15 is 0 Å². The first-order valence-electron chi connectivity index (χ1n) is 7.83. The lowest BCUT2D eigenvalue weighted by atomic mass is 10.1. The van der Waals surface area contributed by atoms with Crippen LogP contribution in [-0.4, -0.2) is 24.8 Å². The summed E-state index contributed by atoms with van der Waals surface area (Å²) >= 11 is 5.92. The Hall–Kier alpha value is -2.00. The van der Waals surface area contributed by atoms with Crippen molar-refractivity contribution in [3.8, 4) is 0 Å². The monoisotopic (exact) mass is 329 g/mol. The number of nitrogens with zero attached hydrogens (tertiary/aromatic N) is 2. The fraction of sp³-hybridized carbons (Fsp3) is 0.316. The third-order valence-corrected chi connectivity index (χ3v) is 4.08. The zero-order chi connectivity index (χ0) is 16.8. The maximum atomic E-state index is 5.92. The number of halogens is 1. The van der Waals surface area contributed by atoms with Crippen LogP contribution in [0.3, 0.4) is 0 Å². The number of anilines is 1. The summed E-state index contributed by atoms with van der Waals surface area (Å²) in [5.41, 5.74) is 5.71. The highest BCUT2D eigenvalue weighted by molar-refractivity contribution is 6.30.